The van der Waals surface area contributed by atoms with Gasteiger partial charge in [-0.05, 0) is 55.1 Å². The third kappa shape index (κ3) is 5.23. The molecule has 0 aliphatic carbocycles. The molecule has 6 nitrogen and oxygen atoms in total. The third-order valence-corrected chi connectivity index (χ3v) is 5.79. The highest BCUT2D eigenvalue weighted by Gasteiger charge is 2.36. The van der Waals surface area contributed by atoms with Crippen LogP contribution in [0, 0.1) is 6.92 Å². The summed E-state index contributed by atoms with van der Waals surface area (Å²) < 4.78 is 44.4. The van der Waals surface area contributed by atoms with Crippen molar-refractivity contribution in [3.8, 4) is 11.3 Å². The number of aryl methyl sites for hydroxylation is 1. The minimum absolute atomic E-state index is 0.0399. The Labute approximate surface area is 196 Å². The summed E-state index contributed by atoms with van der Waals surface area (Å²) in [4.78, 5) is 38.1. The average molecular weight is 486 g/mol. The van der Waals surface area contributed by atoms with Crippen molar-refractivity contribution < 1.29 is 32.0 Å². The highest BCUT2D eigenvalue weighted by Crippen LogP contribution is 2.35. The molecule has 174 valence electrons. The second kappa shape index (κ2) is 9.22. The number of furan rings is 1. The Hall–Kier alpha value is -3.79. The summed E-state index contributed by atoms with van der Waals surface area (Å²) in [5.74, 6) is -0.834. The zero-order chi connectivity index (χ0) is 24.5. The highest BCUT2D eigenvalue weighted by molar-refractivity contribution is 8.18. The van der Waals surface area contributed by atoms with Crippen LogP contribution in [0.1, 0.15) is 16.9 Å². The van der Waals surface area contributed by atoms with Crippen molar-refractivity contribution in [1.29, 1.82) is 0 Å². The van der Waals surface area contributed by atoms with Gasteiger partial charge in [-0.2, -0.15) is 13.2 Å². The van der Waals surface area contributed by atoms with Crippen molar-refractivity contribution in [2.45, 2.75) is 13.1 Å². The average Bonchev–Trinajstić information content (AvgIpc) is 3.35. The van der Waals surface area contributed by atoms with Crippen LogP contribution in [-0.2, 0) is 15.8 Å². The number of nitrogens with one attached hydrogen (secondary N) is 1. The Bertz CT molecular complexity index is 1300. The van der Waals surface area contributed by atoms with E-state index in [0.717, 1.165) is 22.6 Å². The number of thioether (sulfide) groups is 1. The maximum Gasteiger partial charge on any atom is 0.416 e. The summed E-state index contributed by atoms with van der Waals surface area (Å²) in [5, 5.41) is 2.01. The molecular weight excluding hydrogens is 469 g/mol. The molecule has 2 aromatic carbocycles. The topological polar surface area (TPSA) is 79.6 Å². The SMILES string of the molecule is Cc1ccc(NC(=O)CN2C(=O)S/C(=C/c3ccc(-c4cccc(C(F)(F)F)c4)o3)C2=O)cc1. The summed E-state index contributed by atoms with van der Waals surface area (Å²) in [6, 6.07) is 14.7. The minimum atomic E-state index is -4.49. The summed E-state index contributed by atoms with van der Waals surface area (Å²) in [6.07, 6.45) is -3.17. The van der Waals surface area contributed by atoms with Gasteiger partial charge in [0.2, 0.25) is 5.91 Å². The molecule has 1 saturated heterocycles. The molecule has 1 aliphatic rings. The Morgan fingerprint density at radius 3 is 2.53 bits per heavy atom. The van der Waals surface area contributed by atoms with Gasteiger partial charge in [-0.15, -0.1) is 0 Å². The van der Waals surface area contributed by atoms with Gasteiger partial charge in [-0.3, -0.25) is 19.3 Å². The normalized spacial score (nSPS) is 15.3. The lowest BCUT2D eigenvalue weighted by Gasteiger charge is -2.12. The predicted octanol–water partition coefficient (Wildman–Crippen LogP) is 5.95. The Kier molecular flexibility index (Phi) is 6.34. The molecule has 34 heavy (non-hydrogen) atoms. The molecule has 1 N–H and O–H groups in total. The van der Waals surface area contributed by atoms with Crippen molar-refractivity contribution in [3.05, 3.63) is 82.5 Å². The lowest BCUT2D eigenvalue weighted by molar-refractivity contribution is -0.137. The first-order chi connectivity index (χ1) is 16.1. The first-order valence-electron chi connectivity index (χ1n) is 9.99. The van der Waals surface area contributed by atoms with E-state index in [1.165, 1.54) is 30.3 Å². The van der Waals surface area contributed by atoms with Gasteiger partial charge in [0.25, 0.3) is 11.1 Å². The first kappa shape index (κ1) is 23.4. The van der Waals surface area contributed by atoms with Crippen molar-refractivity contribution >= 4 is 40.6 Å². The van der Waals surface area contributed by atoms with Crippen molar-refractivity contribution in [2.75, 3.05) is 11.9 Å². The molecule has 0 unspecified atom stereocenters. The smallest absolute Gasteiger partial charge is 0.416 e. The van der Waals surface area contributed by atoms with E-state index in [9.17, 15) is 27.6 Å². The van der Waals surface area contributed by atoms with Crippen LogP contribution >= 0.6 is 11.8 Å². The largest absolute Gasteiger partial charge is 0.457 e. The Balaban J connectivity index is 1.46. The van der Waals surface area contributed by atoms with Gasteiger partial charge in [0.05, 0.1) is 10.5 Å². The zero-order valence-electron chi connectivity index (χ0n) is 17.7. The molecule has 1 fully saturated rings. The number of imide groups is 1. The number of hydrogen-bond acceptors (Lipinski definition) is 5. The number of rotatable bonds is 5. The molecule has 1 aromatic heterocycles. The van der Waals surface area contributed by atoms with Gasteiger partial charge in [0.1, 0.15) is 18.1 Å². The predicted molar refractivity (Wildman–Crippen MR) is 122 cm³/mol. The fourth-order valence-electron chi connectivity index (χ4n) is 3.18. The number of amides is 3. The van der Waals surface area contributed by atoms with Gasteiger partial charge in [0.15, 0.2) is 0 Å². The molecule has 10 heteroatoms. The van der Waals surface area contributed by atoms with Crippen LogP contribution in [0.2, 0.25) is 0 Å². The Morgan fingerprint density at radius 2 is 1.82 bits per heavy atom. The van der Waals surface area contributed by atoms with Crippen LogP contribution in [0.25, 0.3) is 17.4 Å². The van der Waals surface area contributed by atoms with Crippen LogP contribution in [0.15, 0.2) is 70.0 Å². The fourth-order valence-corrected chi connectivity index (χ4v) is 4.00. The van der Waals surface area contributed by atoms with Gasteiger partial charge in [0, 0.05) is 17.3 Å². The van der Waals surface area contributed by atoms with Gasteiger partial charge in [-0.1, -0.05) is 29.8 Å². The molecule has 0 bridgehead atoms. The minimum Gasteiger partial charge on any atom is -0.457 e. The number of carbonyl (C=O) groups excluding carboxylic acids is 3. The van der Waals surface area contributed by atoms with Crippen LogP contribution in [0.4, 0.5) is 23.7 Å². The number of halogens is 3. The maximum absolute atomic E-state index is 13.0. The van der Waals surface area contributed by atoms with Crippen LogP contribution in [0.5, 0.6) is 0 Å². The molecule has 0 saturated carbocycles. The monoisotopic (exact) mass is 486 g/mol. The molecule has 1 aliphatic heterocycles. The molecule has 0 radical (unpaired) electrons. The van der Waals surface area contributed by atoms with Crippen LogP contribution < -0.4 is 5.32 Å². The number of alkyl halides is 3. The van der Waals surface area contributed by atoms with Crippen LogP contribution in [0.3, 0.4) is 0 Å². The molecule has 3 amide bonds. The standard InChI is InChI=1S/C24H17F3N2O4S/c1-14-5-7-17(8-6-14)28-21(30)13-29-22(31)20(34-23(29)32)12-18-9-10-19(33-18)15-3-2-4-16(11-15)24(25,26)27/h2-12H,13H2,1H3,(H,28,30)/b20-12+. The van der Waals surface area contributed by atoms with Gasteiger partial charge >= 0.3 is 6.18 Å². The lowest BCUT2D eigenvalue weighted by Crippen LogP contribution is -2.36. The highest BCUT2D eigenvalue weighted by atomic mass is 32.2. The molecule has 3 aromatic rings. The summed E-state index contributed by atoms with van der Waals surface area (Å²) in [7, 11) is 0. The second-order valence-electron chi connectivity index (χ2n) is 7.46. The van der Waals surface area contributed by atoms with E-state index in [0.29, 0.717) is 17.4 Å². The number of hydrogen-bond donors (Lipinski definition) is 1. The summed E-state index contributed by atoms with van der Waals surface area (Å²) in [6.45, 7) is 1.45. The molecule has 2 heterocycles. The third-order valence-electron chi connectivity index (χ3n) is 4.89. The Morgan fingerprint density at radius 1 is 1.09 bits per heavy atom. The number of nitrogens with zero attached hydrogens (tertiary/aromatic N) is 1. The molecule has 0 spiro atoms. The molecular formula is C24H17F3N2O4S. The van der Waals surface area contributed by atoms with Crippen LogP contribution in [-0.4, -0.2) is 28.5 Å². The van der Waals surface area contributed by atoms with Crippen molar-refractivity contribution in [1.82, 2.24) is 4.90 Å². The van der Waals surface area contributed by atoms with E-state index >= 15 is 0 Å². The van der Waals surface area contributed by atoms with Crippen molar-refractivity contribution in [2.24, 2.45) is 0 Å². The first-order valence-corrected chi connectivity index (χ1v) is 10.8. The molecule has 0 atom stereocenters. The van der Waals surface area contributed by atoms with Gasteiger partial charge in [-0.25, -0.2) is 0 Å². The van der Waals surface area contributed by atoms with E-state index in [1.54, 1.807) is 12.1 Å². The lowest BCUT2D eigenvalue weighted by atomic mass is 10.1. The molecule has 4 rings (SSSR count). The zero-order valence-corrected chi connectivity index (χ0v) is 18.5. The van der Waals surface area contributed by atoms with E-state index in [1.807, 2.05) is 19.1 Å². The fraction of sp³-hybridized carbons (Fsp3) is 0.125. The number of benzene rings is 2. The van der Waals surface area contributed by atoms with Gasteiger partial charge < -0.3 is 9.73 Å². The van der Waals surface area contributed by atoms with E-state index < -0.39 is 35.3 Å². The van der Waals surface area contributed by atoms with E-state index in [4.69, 9.17) is 4.42 Å². The maximum atomic E-state index is 13.0. The second-order valence-corrected chi connectivity index (χ2v) is 8.46. The number of carbonyl (C=O) groups is 3. The van der Waals surface area contributed by atoms with Crippen molar-refractivity contribution in [3.63, 3.8) is 0 Å². The van der Waals surface area contributed by atoms with E-state index in [2.05, 4.69) is 5.32 Å². The quantitative estimate of drug-likeness (QED) is 0.451. The summed E-state index contributed by atoms with van der Waals surface area (Å²) >= 11 is 0.648. The van der Waals surface area contributed by atoms with E-state index in [-0.39, 0.29) is 22.0 Å². The number of anilines is 1. The summed E-state index contributed by atoms with van der Waals surface area (Å²) in [5.41, 5.74) is 0.961.